The van der Waals surface area contributed by atoms with E-state index >= 15 is 0 Å². The fraction of sp³-hybridized carbons (Fsp3) is 0.722. The van der Waals surface area contributed by atoms with Gasteiger partial charge in [-0.25, -0.2) is 0 Å². The zero-order valence-corrected chi connectivity index (χ0v) is 15.2. The molecule has 1 fully saturated rings. The molecule has 0 bridgehead atoms. The highest BCUT2D eigenvalue weighted by Crippen LogP contribution is 2.27. The molecule has 1 atom stereocenters. The Morgan fingerprint density at radius 1 is 1.30 bits per heavy atom. The normalized spacial score (nSPS) is 22.9. The van der Waals surface area contributed by atoms with E-state index in [4.69, 9.17) is 0 Å². The third-order valence-electron chi connectivity index (χ3n) is 5.08. The lowest BCUT2D eigenvalue weighted by atomic mass is 9.99. The zero-order chi connectivity index (χ0) is 16.2. The number of carbonyl (C=O) groups is 1. The van der Waals surface area contributed by atoms with Crippen molar-refractivity contribution in [2.45, 2.75) is 32.4 Å². The summed E-state index contributed by atoms with van der Waals surface area (Å²) in [5.74, 6) is 3.49. The Morgan fingerprint density at radius 2 is 2.09 bits per heavy atom. The number of hydrogen-bond acceptors (Lipinski definition) is 3. The monoisotopic (exact) mass is 335 g/mol. The van der Waals surface area contributed by atoms with E-state index < -0.39 is 0 Å². The minimum atomic E-state index is 0.257. The smallest absolute Gasteiger partial charge is 0.226 e. The van der Waals surface area contributed by atoms with Crippen molar-refractivity contribution in [1.29, 1.82) is 0 Å². The number of thioether (sulfide) groups is 1. The molecule has 5 heteroatoms. The summed E-state index contributed by atoms with van der Waals surface area (Å²) in [7, 11) is 4.25. The Morgan fingerprint density at radius 3 is 2.83 bits per heavy atom. The quantitative estimate of drug-likeness (QED) is 0.846. The van der Waals surface area contributed by atoms with Crippen molar-refractivity contribution < 1.29 is 4.79 Å². The van der Waals surface area contributed by atoms with Gasteiger partial charge in [-0.15, -0.1) is 0 Å². The van der Waals surface area contributed by atoms with Gasteiger partial charge >= 0.3 is 0 Å². The van der Waals surface area contributed by atoms with Crippen molar-refractivity contribution in [1.82, 2.24) is 14.4 Å². The molecule has 0 aromatic carbocycles. The standard InChI is InChI=1S/C18H29N3OS/c1-19(2)9-5-15-12-20-8-3-4-17(20)14-21(13-15)18(22)16-6-10-23-11-7-16/h3-4,8,15-16H,5-7,9-14H2,1-2H3. The Bertz CT molecular complexity index is 522. The zero-order valence-electron chi connectivity index (χ0n) is 14.4. The maximum Gasteiger partial charge on any atom is 0.226 e. The van der Waals surface area contributed by atoms with E-state index in [1.165, 1.54) is 5.69 Å². The third-order valence-corrected chi connectivity index (χ3v) is 6.13. The molecule has 23 heavy (non-hydrogen) atoms. The summed E-state index contributed by atoms with van der Waals surface area (Å²) in [6.07, 6.45) is 5.44. The highest BCUT2D eigenvalue weighted by molar-refractivity contribution is 7.99. The molecule has 0 saturated carbocycles. The van der Waals surface area contributed by atoms with Crippen LogP contribution in [0.4, 0.5) is 0 Å². The summed E-state index contributed by atoms with van der Waals surface area (Å²) in [4.78, 5) is 17.4. The predicted octanol–water partition coefficient (Wildman–Crippen LogP) is 2.54. The molecule has 1 amide bonds. The minimum absolute atomic E-state index is 0.257. The van der Waals surface area contributed by atoms with E-state index in [1.807, 2.05) is 11.8 Å². The number of fused-ring (bicyclic) bond motifs is 1. The molecule has 0 aliphatic carbocycles. The molecule has 1 aromatic heterocycles. The molecular formula is C18H29N3OS. The summed E-state index contributed by atoms with van der Waals surface area (Å²) in [5, 5.41) is 0. The Hall–Kier alpha value is -0.940. The summed E-state index contributed by atoms with van der Waals surface area (Å²) in [5.41, 5.74) is 1.29. The first-order valence-corrected chi connectivity index (χ1v) is 9.94. The van der Waals surface area contributed by atoms with Crippen molar-refractivity contribution in [3.05, 3.63) is 24.0 Å². The van der Waals surface area contributed by atoms with Crippen LogP contribution in [0.2, 0.25) is 0 Å². The van der Waals surface area contributed by atoms with Crippen LogP contribution in [0, 0.1) is 11.8 Å². The first-order chi connectivity index (χ1) is 11.1. The van der Waals surface area contributed by atoms with Gasteiger partial charge < -0.3 is 14.4 Å². The second kappa shape index (κ2) is 7.75. The van der Waals surface area contributed by atoms with Crippen LogP contribution in [-0.2, 0) is 17.9 Å². The number of hydrogen-bond donors (Lipinski definition) is 0. The van der Waals surface area contributed by atoms with Crippen LogP contribution in [0.3, 0.4) is 0 Å². The molecule has 4 nitrogen and oxygen atoms in total. The van der Waals surface area contributed by atoms with Crippen LogP contribution in [0.5, 0.6) is 0 Å². The average Bonchev–Trinajstić information content (AvgIpc) is 2.91. The molecule has 3 heterocycles. The van der Waals surface area contributed by atoms with Gasteiger partial charge in [0.25, 0.3) is 0 Å². The average molecular weight is 336 g/mol. The summed E-state index contributed by atoms with van der Waals surface area (Å²) in [6, 6.07) is 4.29. The lowest BCUT2D eigenvalue weighted by Gasteiger charge is -2.30. The number of carbonyl (C=O) groups excluding carboxylic acids is 1. The second-order valence-corrected chi connectivity index (χ2v) is 8.44. The maximum absolute atomic E-state index is 13.0. The van der Waals surface area contributed by atoms with Crippen molar-refractivity contribution >= 4 is 17.7 Å². The van der Waals surface area contributed by atoms with E-state index in [0.717, 1.165) is 56.9 Å². The van der Waals surface area contributed by atoms with Gasteiger partial charge in [0.05, 0.1) is 6.54 Å². The van der Waals surface area contributed by atoms with Gasteiger partial charge in [-0.3, -0.25) is 4.79 Å². The van der Waals surface area contributed by atoms with Gasteiger partial charge in [0.15, 0.2) is 0 Å². The molecule has 2 aliphatic rings. The topological polar surface area (TPSA) is 28.5 Å². The molecule has 2 aliphatic heterocycles. The molecule has 0 spiro atoms. The van der Waals surface area contributed by atoms with Crippen LogP contribution in [0.25, 0.3) is 0 Å². The lowest BCUT2D eigenvalue weighted by molar-refractivity contribution is -0.137. The highest BCUT2D eigenvalue weighted by atomic mass is 32.2. The van der Waals surface area contributed by atoms with E-state index in [0.29, 0.717) is 11.8 Å². The Labute approximate surface area is 144 Å². The first-order valence-electron chi connectivity index (χ1n) is 8.79. The van der Waals surface area contributed by atoms with Crippen LogP contribution < -0.4 is 0 Å². The van der Waals surface area contributed by atoms with Gasteiger partial charge in [0.1, 0.15) is 0 Å². The van der Waals surface area contributed by atoms with Gasteiger partial charge in [-0.2, -0.15) is 11.8 Å². The molecule has 0 N–H and O–H groups in total. The molecule has 1 unspecified atom stereocenters. The number of nitrogens with zero attached hydrogens (tertiary/aromatic N) is 3. The first kappa shape index (κ1) is 16.9. The van der Waals surface area contributed by atoms with Crippen LogP contribution in [0.1, 0.15) is 25.0 Å². The van der Waals surface area contributed by atoms with E-state index in [-0.39, 0.29) is 5.92 Å². The second-order valence-electron chi connectivity index (χ2n) is 7.22. The van der Waals surface area contributed by atoms with Gasteiger partial charge in [0.2, 0.25) is 5.91 Å². The predicted molar refractivity (Wildman–Crippen MR) is 96.6 cm³/mol. The fourth-order valence-electron chi connectivity index (χ4n) is 3.67. The fourth-order valence-corrected chi connectivity index (χ4v) is 4.78. The molecule has 0 radical (unpaired) electrons. The number of amides is 1. The summed E-state index contributed by atoms with van der Waals surface area (Å²) < 4.78 is 2.35. The number of aromatic nitrogens is 1. The molecule has 1 saturated heterocycles. The van der Waals surface area contributed by atoms with Crippen LogP contribution in [0.15, 0.2) is 18.3 Å². The molecule has 128 valence electrons. The van der Waals surface area contributed by atoms with E-state index in [1.54, 1.807) is 0 Å². The van der Waals surface area contributed by atoms with Crippen molar-refractivity contribution in [2.24, 2.45) is 11.8 Å². The molecular weight excluding hydrogens is 306 g/mol. The lowest BCUT2D eigenvalue weighted by Crippen LogP contribution is -2.39. The summed E-state index contributed by atoms with van der Waals surface area (Å²) >= 11 is 1.99. The van der Waals surface area contributed by atoms with Crippen molar-refractivity contribution in [3.8, 4) is 0 Å². The van der Waals surface area contributed by atoms with E-state index in [2.05, 4.69) is 46.8 Å². The minimum Gasteiger partial charge on any atom is -0.349 e. The largest absolute Gasteiger partial charge is 0.349 e. The maximum atomic E-state index is 13.0. The molecule has 1 aromatic rings. The van der Waals surface area contributed by atoms with Crippen LogP contribution >= 0.6 is 11.8 Å². The van der Waals surface area contributed by atoms with Crippen LogP contribution in [-0.4, -0.2) is 59.0 Å². The summed E-state index contributed by atoms with van der Waals surface area (Å²) in [6.45, 7) is 3.83. The Kier molecular flexibility index (Phi) is 5.70. The SMILES string of the molecule is CN(C)CCC1CN(C(=O)C2CCSCC2)Cc2cccn2C1. The van der Waals surface area contributed by atoms with Gasteiger partial charge in [-0.05, 0) is 69.5 Å². The number of rotatable bonds is 4. The van der Waals surface area contributed by atoms with Gasteiger partial charge in [0, 0.05) is 30.9 Å². The van der Waals surface area contributed by atoms with E-state index in [9.17, 15) is 4.79 Å². The third kappa shape index (κ3) is 4.32. The van der Waals surface area contributed by atoms with Crippen molar-refractivity contribution in [2.75, 3.05) is 38.7 Å². The van der Waals surface area contributed by atoms with Crippen molar-refractivity contribution in [3.63, 3.8) is 0 Å². The molecule has 3 rings (SSSR count). The van der Waals surface area contributed by atoms with Gasteiger partial charge in [-0.1, -0.05) is 0 Å². The highest BCUT2D eigenvalue weighted by Gasteiger charge is 2.30. The Balaban J connectivity index is 1.72.